The fourth-order valence-electron chi connectivity index (χ4n) is 5.18. The van der Waals surface area contributed by atoms with E-state index in [1.54, 1.807) is 0 Å². The number of aryl methyl sites for hydroxylation is 1. The van der Waals surface area contributed by atoms with E-state index in [-0.39, 0.29) is 0 Å². The number of amides is 1. The number of thiazole rings is 1. The molecule has 1 aliphatic heterocycles. The van der Waals surface area contributed by atoms with E-state index < -0.39 is 0 Å². The molecule has 1 aromatic heterocycles. The second kappa shape index (κ2) is 8.48. The Bertz CT molecular complexity index is 1000. The number of carbonyl (C=O) groups excluding carboxylic acids is 1. The number of likely N-dealkylation sites (N-methyl/N-ethyl adjacent to an activating group) is 1. The van der Waals surface area contributed by atoms with Crippen LogP contribution in [0.3, 0.4) is 0 Å². The van der Waals surface area contributed by atoms with Crippen LogP contribution in [0.15, 0.2) is 48.5 Å². The molecule has 1 saturated heterocycles. The molecule has 2 aliphatic rings. The molecule has 156 valence electrons. The Balaban J connectivity index is 1.19. The molecule has 3 aromatic rings. The van der Waals surface area contributed by atoms with Gasteiger partial charge in [-0.15, -0.1) is 11.3 Å². The summed E-state index contributed by atoms with van der Waals surface area (Å²) in [6.07, 6.45) is 5.62. The van der Waals surface area contributed by atoms with E-state index in [9.17, 15) is 4.79 Å². The summed E-state index contributed by atoms with van der Waals surface area (Å²) in [6.45, 7) is 2.30. The molecule has 0 bridgehead atoms. The summed E-state index contributed by atoms with van der Waals surface area (Å²) < 4.78 is 1.27. The summed E-state index contributed by atoms with van der Waals surface area (Å²) in [5, 5.41) is 1.24. The van der Waals surface area contributed by atoms with Gasteiger partial charge in [-0.25, -0.2) is 4.98 Å². The number of para-hydroxylation sites is 1. The molecular weight excluding hydrogens is 390 g/mol. The van der Waals surface area contributed by atoms with Crippen molar-refractivity contribution in [3.05, 3.63) is 64.7 Å². The summed E-state index contributed by atoms with van der Waals surface area (Å²) >= 11 is 1.82. The van der Waals surface area contributed by atoms with E-state index in [1.165, 1.54) is 45.0 Å². The van der Waals surface area contributed by atoms with E-state index in [4.69, 9.17) is 4.98 Å². The largest absolute Gasteiger partial charge is 0.338 e. The van der Waals surface area contributed by atoms with Crippen molar-refractivity contribution < 1.29 is 9.69 Å². The molecule has 0 radical (unpaired) electrons. The van der Waals surface area contributed by atoms with Crippen molar-refractivity contribution in [1.82, 2.24) is 9.88 Å². The van der Waals surface area contributed by atoms with Gasteiger partial charge in [-0.1, -0.05) is 36.4 Å². The molecule has 1 aliphatic carbocycles. The fourth-order valence-corrected chi connectivity index (χ4v) is 6.32. The van der Waals surface area contributed by atoms with Crippen molar-refractivity contribution in [3.8, 4) is 0 Å². The Morgan fingerprint density at radius 1 is 1.10 bits per heavy atom. The van der Waals surface area contributed by atoms with Gasteiger partial charge >= 0.3 is 0 Å². The molecule has 0 spiro atoms. The first-order valence-corrected chi connectivity index (χ1v) is 12.0. The number of aromatic nitrogens is 1. The number of hydrogen-bond donors (Lipinski definition) is 1. The lowest BCUT2D eigenvalue weighted by molar-refractivity contribution is -0.905. The van der Waals surface area contributed by atoms with E-state index in [1.807, 2.05) is 11.3 Å². The Morgan fingerprint density at radius 2 is 1.87 bits per heavy atom. The lowest BCUT2D eigenvalue weighted by Gasteiger charge is -2.34. The standard InChI is InChI=1S/C25H29N3OS/c1-27(22-11-6-8-18-7-2-3-9-20(18)22)17-24(29)28-15-13-19(14-16-28)25-26-21-10-4-5-12-23(21)30-25/h2-5,7,9-10,12,19,22H,6,8,11,13-17H2,1H3/p+1/t22-/m1/s1. The predicted molar refractivity (Wildman–Crippen MR) is 122 cm³/mol. The van der Waals surface area contributed by atoms with Gasteiger partial charge in [0.05, 0.1) is 22.3 Å². The minimum absolute atomic E-state index is 0.304. The van der Waals surface area contributed by atoms with Crippen molar-refractivity contribution in [2.75, 3.05) is 26.7 Å². The monoisotopic (exact) mass is 420 g/mol. The van der Waals surface area contributed by atoms with Crippen molar-refractivity contribution in [1.29, 1.82) is 0 Å². The quantitative estimate of drug-likeness (QED) is 0.700. The van der Waals surface area contributed by atoms with Gasteiger partial charge in [-0.05, 0) is 43.4 Å². The summed E-state index contributed by atoms with van der Waals surface area (Å²) in [5.74, 6) is 0.792. The van der Waals surface area contributed by atoms with Crippen LogP contribution in [0, 0.1) is 0 Å². The van der Waals surface area contributed by atoms with Gasteiger partial charge in [0.15, 0.2) is 6.54 Å². The van der Waals surface area contributed by atoms with Gasteiger partial charge in [-0.2, -0.15) is 0 Å². The van der Waals surface area contributed by atoms with E-state index in [0.29, 0.717) is 24.4 Å². The topological polar surface area (TPSA) is 37.6 Å². The number of piperidine rings is 1. The van der Waals surface area contributed by atoms with E-state index in [2.05, 4.69) is 60.5 Å². The Kier molecular flexibility index (Phi) is 5.57. The fraction of sp³-hybridized carbons (Fsp3) is 0.440. The van der Waals surface area contributed by atoms with E-state index >= 15 is 0 Å². The normalized spacial score (nSPS) is 20.8. The number of benzene rings is 2. The molecule has 1 unspecified atom stereocenters. The van der Waals surface area contributed by atoms with Crippen molar-refractivity contribution in [2.24, 2.45) is 0 Å². The molecule has 0 saturated carbocycles. The molecule has 30 heavy (non-hydrogen) atoms. The van der Waals surface area contributed by atoms with Crippen LogP contribution < -0.4 is 4.90 Å². The van der Waals surface area contributed by atoms with Gasteiger partial charge in [-0.3, -0.25) is 4.79 Å². The lowest BCUT2D eigenvalue weighted by Crippen LogP contribution is -3.10. The maximum atomic E-state index is 13.0. The van der Waals surface area contributed by atoms with Gasteiger partial charge in [0, 0.05) is 31.0 Å². The highest BCUT2D eigenvalue weighted by Gasteiger charge is 2.31. The second-order valence-corrected chi connectivity index (χ2v) is 9.90. The third-order valence-electron chi connectivity index (χ3n) is 6.90. The number of carbonyl (C=O) groups is 1. The third-order valence-corrected chi connectivity index (χ3v) is 8.10. The highest BCUT2D eigenvalue weighted by molar-refractivity contribution is 7.18. The molecule has 1 amide bonds. The third kappa shape index (κ3) is 3.88. The molecule has 2 atom stereocenters. The smallest absolute Gasteiger partial charge is 0.277 e. The molecule has 4 nitrogen and oxygen atoms in total. The highest BCUT2D eigenvalue weighted by atomic mass is 32.1. The van der Waals surface area contributed by atoms with Gasteiger partial charge in [0.1, 0.15) is 6.04 Å². The lowest BCUT2D eigenvalue weighted by atomic mass is 9.87. The Hall–Kier alpha value is -2.24. The number of likely N-dealkylation sites (tertiary alicyclic amines) is 1. The summed E-state index contributed by atoms with van der Waals surface area (Å²) in [5.41, 5.74) is 4.02. The van der Waals surface area contributed by atoms with Crippen molar-refractivity contribution >= 4 is 27.5 Å². The SMILES string of the molecule is C[NH+](CC(=O)N1CCC(c2nc3ccccc3s2)CC1)[C@@H]1CCCc2ccccc21. The van der Waals surface area contributed by atoms with Gasteiger partial charge in [0.2, 0.25) is 0 Å². The first kappa shape index (κ1) is 19.7. The second-order valence-electron chi connectivity index (χ2n) is 8.84. The molecule has 2 heterocycles. The Labute approximate surface area is 182 Å². The first-order valence-electron chi connectivity index (χ1n) is 11.2. The van der Waals surface area contributed by atoms with Crippen molar-refractivity contribution in [2.45, 2.75) is 44.1 Å². The molecule has 5 rings (SSSR count). The number of quaternary nitrogens is 1. The molecule has 1 fully saturated rings. The molecular formula is C25H30N3OS+. The minimum Gasteiger partial charge on any atom is -0.338 e. The zero-order valence-electron chi connectivity index (χ0n) is 17.6. The zero-order valence-corrected chi connectivity index (χ0v) is 18.5. The van der Waals surface area contributed by atoms with Crippen LogP contribution in [0.1, 0.15) is 53.8 Å². The summed E-state index contributed by atoms with van der Waals surface area (Å²) in [4.78, 5) is 21.3. The maximum Gasteiger partial charge on any atom is 0.277 e. The van der Waals surface area contributed by atoms with E-state index in [0.717, 1.165) is 31.4 Å². The number of rotatable bonds is 4. The molecule has 2 aromatic carbocycles. The van der Waals surface area contributed by atoms with Gasteiger partial charge < -0.3 is 9.80 Å². The average Bonchev–Trinajstić information content (AvgIpc) is 3.23. The van der Waals surface area contributed by atoms with Crippen LogP contribution in [-0.2, 0) is 11.2 Å². The number of hydrogen-bond acceptors (Lipinski definition) is 3. The van der Waals surface area contributed by atoms with Crippen LogP contribution in [0.4, 0.5) is 0 Å². The highest BCUT2D eigenvalue weighted by Crippen LogP contribution is 2.34. The van der Waals surface area contributed by atoms with Crippen LogP contribution in [-0.4, -0.2) is 42.5 Å². The number of nitrogens with one attached hydrogen (secondary N) is 1. The summed E-state index contributed by atoms with van der Waals surface area (Å²) in [7, 11) is 2.19. The van der Waals surface area contributed by atoms with Gasteiger partial charge in [0.25, 0.3) is 5.91 Å². The molecule has 1 N–H and O–H groups in total. The van der Waals surface area contributed by atoms with Crippen molar-refractivity contribution in [3.63, 3.8) is 0 Å². The van der Waals surface area contributed by atoms with Crippen LogP contribution in [0.2, 0.25) is 0 Å². The summed E-state index contributed by atoms with van der Waals surface area (Å²) in [6, 6.07) is 17.6. The molecule has 5 heteroatoms. The Morgan fingerprint density at radius 3 is 2.70 bits per heavy atom. The van der Waals surface area contributed by atoms with Crippen LogP contribution in [0.5, 0.6) is 0 Å². The zero-order chi connectivity index (χ0) is 20.5. The predicted octanol–water partition coefficient (Wildman–Crippen LogP) is 3.59. The minimum atomic E-state index is 0.304. The van der Waals surface area contributed by atoms with Crippen LogP contribution in [0.25, 0.3) is 10.2 Å². The maximum absolute atomic E-state index is 13.0. The van der Waals surface area contributed by atoms with Crippen LogP contribution >= 0.6 is 11.3 Å². The number of nitrogens with zero attached hydrogens (tertiary/aromatic N) is 2. The average molecular weight is 421 g/mol. The first-order chi connectivity index (χ1) is 14.7. The number of fused-ring (bicyclic) bond motifs is 2.